The SMILES string of the molecule is CCCCCCC/C=C\C/C=C\C/C=C\CCCCCCCCCCCCCCCCCCCCCCCCCCCCC(=O)OC(COC(=O)CCCCCCCCCCCCCCCCCCCCCCCCCCCCCCCCCCCCCCCCCCC)COP(=O)(O)OCCN. The van der Waals surface area contributed by atoms with Crippen molar-refractivity contribution in [3.05, 3.63) is 36.5 Å². The zero-order valence-electron chi connectivity index (χ0n) is 69.4. The predicted octanol–water partition coefficient (Wildman–Crippen LogP) is 31.7. The highest BCUT2D eigenvalue weighted by Crippen LogP contribution is 2.43. The molecule has 0 heterocycles. The van der Waals surface area contributed by atoms with E-state index >= 15 is 0 Å². The lowest BCUT2D eigenvalue weighted by Crippen LogP contribution is -2.29. The van der Waals surface area contributed by atoms with Crippen LogP contribution in [0, 0.1) is 0 Å². The third kappa shape index (κ3) is 89.0. The Morgan fingerprint density at radius 3 is 0.748 bits per heavy atom. The number of hydrogen-bond acceptors (Lipinski definition) is 8. The van der Waals surface area contributed by atoms with Gasteiger partial charge in [-0.25, -0.2) is 4.57 Å². The van der Waals surface area contributed by atoms with Gasteiger partial charge in [0.15, 0.2) is 6.10 Å². The molecular formula is C93H180NO8P. The van der Waals surface area contributed by atoms with Crippen molar-refractivity contribution in [2.45, 2.75) is 521 Å². The number of allylic oxidation sites excluding steroid dienone is 6. The normalized spacial score (nSPS) is 12.9. The van der Waals surface area contributed by atoms with Crippen molar-refractivity contribution >= 4 is 19.8 Å². The van der Waals surface area contributed by atoms with Crippen molar-refractivity contribution < 1.29 is 37.6 Å². The Labute approximate surface area is 643 Å². The van der Waals surface area contributed by atoms with Gasteiger partial charge in [-0.3, -0.25) is 18.6 Å². The molecule has 0 aromatic rings. The van der Waals surface area contributed by atoms with Crippen LogP contribution in [-0.4, -0.2) is 49.3 Å². The van der Waals surface area contributed by atoms with Crippen molar-refractivity contribution in [3.63, 3.8) is 0 Å². The Kier molecular flexibility index (Phi) is 87.6. The first-order chi connectivity index (χ1) is 50.8. The maximum absolute atomic E-state index is 12.8. The van der Waals surface area contributed by atoms with E-state index in [0.29, 0.717) is 6.42 Å². The summed E-state index contributed by atoms with van der Waals surface area (Å²) in [6.45, 7) is 3.84. The van der Waals surface area contributed by atoms with Crippen LogP contribution in [0.2, 0.25) is 0 Å². The molecule has 0 aliphatic heterocycles. The molecule has 0 aromatic carbocycles. The van der Waals surface area contributed by atoms with Gasteiger partial charge in [0.1, 0.15) is 6.61 Å². The molecule has 0 saturated heterocycles. The van der Waals surface area contributed by atoms with Gasteiger partial charge in [-0.1, -0.05) is 487 Å². The summed E-state index contributed by atoms with van der Waals surface area (Å²) in [5.74, 6) is -0.796. The summed E-state index contributed by atoms with van der Waals surface area (Å²) in [7, 11) is -4.40. The molecule has 0 radical (unpaired) electrons. The highest BCUT2D eigenvalue weighted by atomic mass is 31.2. The van der Waals surface area contributed by atoms with E-state index in [9.17, 15) is 19.0 Å². The summed E-state index contributed by atoms with van der Waals surface area (Å²) in [5, 5.41) is 0. The van der Waals surface area contributed by atoms with Gasteiger partial charge in [-0.05, 0) is 51.4 Å². The van der Waals surface area contributed by atoms with Gasteiger partial charge in [0.05, 0.1) is 13.2 Å². The number of phosphoric acid groups is 1. The zero-order valence-corrected chi connectivity index (χ0v) is 70.2. The van der Waals surface area contributed by atoms with Gasteiger partial charge in [0.25, 0.3) is 0 Å². The molecule has 0 rings (SSSR count). The molecule has 0 aliphatic rings. The van der Waals surface area contributed by atoms with E-state index in [1.807, 2.05) is 0 Å². The summed E-state index contributed by atoms with van der Waals surface area (Å²) >= 11 is 0. The number of esters is 2. The summed E-state index contributed by atoms with van der Waals surface area (Å²) < 4.78 is 33.4. The molecule has 0 spiro atoms. The second-order valence-electron chi connectivity index (χ2n) is 31.9. The second kappa shape index (κ2) is 89.1. The predicted molar refractivity (Wildman–Crippen MR) is 451 cm³/mol. The van der Waals surface area contributed by atoms with E-state index in [1.165, 1.54) is 437 Å². The molecule has 610 valence electrons. The lowest BCUT2D eigenvalue weighted by atomic mass is 10.0. The summed E-state index contributed by atoms with van der Waals surface area (Å²) in [5.41, 5.74) is 5.43. The van der Waals surface area contributed by atoms with Crippen LogP contribution in [0.15, 0.2) is 36.5 Å². The van der Waals surface area contributed by atoms with Crippen molar-refractivity contribution in [3.8, 4) is 0 Å². The standard InChI is InChI=1S/C93H180NO8P/c1-3-5-7-9-11-13-15-17-19-21-23-25-27-29-31-33-35-37-39-41-43-45-47-49-51-53-55-57-59-61-63-65-67-69-71-73-75-77-79-81-83-85-92(95)99-89-91(90-101-103(97,98)100-88-87-94)102-93(96)86-84-82-80-78-76-74-72-70-68-66-64-62-60-58-56-54-52-50-48-46-44-42-40-38-36-34-32-30-28-26-24-22-20-18-16-14-12-10-8-6-4-2/h16,18,22,24,28,30,91H,3-15,17,19-21,23,25-27,29,31-90,94H2,1-2H3,(H,97,98)/b18-16-,24-22-,30-28-. The number of carbonyl (C=O) groups excluding carboxylic acids is 2. The minimum Gasteiger partial charge on any atom is -0.462 e. The van der Waals surface area contributed by atoms with Crippen LogP contribution in [0.5, 0.6) is 0 Å². The van der Waals surface area contributed by atoms with Crippen LogP contribution in [-0.2, 0) is 32.7 Å². The highest BCUT2D eigenvalue weighted by Gasteiger charge is 2.26. The van der Waals surface area contributed by atoms with E-state index in [1.54, 1.807) is 0 Å². The van der Waals surface area contributed by atoms with Crippen LogP contribution in [0.3, 0.4) is 0 Å². The lowest BCUT2D eigenvalue weighted by molar-refractivity contribution is -0.161. The topological polar surface area (TPSA) is 134 Å². The summed E-state index contributed by atoms with van der Waals surface area (Å²) in [6, 6.07) is 0. The van der Waals surface area contributed by atoms with Crippen LogP contribution >= 0.6 is 7.82 Å². The zero-order chi connectivity index (χ0) is 74.3. The summed E-state index contributed by atoms with van der Waals surface area (Å²) in [6.07, 6.45) is 116. The van der Waals surface area contributed by atoms with Crippen LogP contribution in [0.25, 0.3) is 0 Å². The number of rotatable bonds is 90. The summed E-state index contributed by atoms with van der Waals surface area (Å²) in [4.78, 5) is 35.6. The highest BCUT2D eigenvalue weighted by molar-refractivity contribution is 7.47. The van der Waals surface area contributed by atoms with Crippen molar-refractivity contribution in [1.29, 1.82) is 0 Å². The maximum atomic E-state index is 12.8. The Morgan fingerprint density at radius 1 is 0.291 bits per heavy atom. The maximum Gasteiger partial charge on any atom is 0.472 e. The largest absolute Gasteiger partial charge is 0.472 e. The van der Waals surface area contributed by atoms with E-state index in [2.05, 4.69) is 50.3 Å². The number of carbonyl (C=O) groups is 2. The van der Waals surface area contributed by atoms with Gasteiger partial charge in [-0.15, -0.1) is 0 Å². The van der Waals surface area contributed by atoms with Gasteiger partial charge < -0.3 is 20.1 Å². The minimum atomic E-state index is -4.40. The third-order valence-corrected chi connectivity index (χ3v) is 22.5. The molecule has 103 heavy (non-hydrogen) atoms. The molecule has 3 N–H and O–H groups in total. The van der Waals surface area contributed by atoms with E-state index < -0.39 is 26.5 Å². The molecule has 0 aliphatic carbocycles. The third-order valence-electron chi connectivity index (χ3n) is 21.5. The molecule has 10 heteroatoms. The molecular weight excluding hydrogens is 1290 g/mol. The van der Waals surface area contributed by atoms with Crippen molar-refractivity contribution in [1.82, 2.24) is 0 Å². The number of ether oxygens (including phenoxy) is 2. The molecule has 9 nitrogen and oxygen atoms in total. The Morgan fingerprint density at radius 2 is 0.505 bits per heavy atom. The number of unbranched alkanes of at least 4 members (excludes halogenated alkanes) is 71. The number of nitrogens with two attached hydrogens (primary N) is 1. The quantitative estimate of drug-likeness (QED) is 0.0264. The van der Waals surface area contributed by atoms with Gasteiger partial charge in [0.2, 0.25) is 0 Å². The lowest BCUT2D eigenvalue weighted by Gasteiger charge is -2.19. The Bertz CT molecular complexity index is 1790. The second-order valence-corrected chi connectivity index (χ2v) is 33.3. The van der Waals surface area contributed by atoms with Crippen molar-refractivity contribution in [2.75, 3.05) is 26.4 Å². The molecule has 2 unspecified atom stereocenters. The first-order valence-electron chi connectivity index (χ1n) is 46.5. The van der Waals surface area contributed by atoms with Crippen molar-refractivity contribution in [2.24, 2.45) is 5.73 Å². The average Bonchev–Trinajstić information content (AvgIpc) is 0.970. The van der Waals surface area contributed by atoms with Gasteiger partial charge in [-0.2, -0.15) is 0 Å². The van der Waals surface area contributed by atoms with Gasteiger partial charge in [0, 0.05) is 19.4 Å². The first kappa shape index (κ1) is 101. The van der Waals surface area contributed by atoms with E-state index in [0.717, 1.165) is 44.9 Å². The Hall–Kier alpha value is -1.77. The van der Waals surface area contributed by atoms with Crippen LogP contribution in [0.4, 0.5) is 0 Å². The van der Waals surface area contributed by atoms with Crippen LogP contribution < -0.4 is 5.73 Å². The number of hydrogen-bond donors (Lipinski definition) is 2. The molecule has 0 saturated carbocycles. The molecule has 0 fully saturated rings. The fraction of sp³-hybridized carbons (Fsp3) is 0.914. The minimum absolute atomic E-state index is 0.0573. The molecule has 2 atom stereocenters. The number of phosphoric ester groups is 1. The molecule has 0 amide bonds. The fourth-order valence-electron chi connectivity index (χ4n) is 14.7. The van der Waals surface area contributed by atoms with Gasteiger partial charge >= 0.3 is 19.8 Å². The Balaban J connectivity index is 3.67. The fourth-order valence-corrected chi connectivity index (χ4v) is 15.4. The molecule has 0 aromatic heterocycles. The smallest absolute Gasteiger partial charge is 0.462 e. The van der Waals surface area contributed by atoms with E-state index in [4.69, 9.17) is 24.3 Å². The first-order valence-corrected chi connectivity index (χ1v) is 48.0. The monoisotopic (exact) mass is 1470 g/mol. The van der Waals surface area contributed by atoms with Crippen LogP contribution in [0.1, 0.15) is 515 Å². The van der Waals surface area contributed by atoms with E-state index in [-0.39, 0.29) is 38.6 Å². The molecule has 0 bridgehead atoms. The average molecular weight is 1470 g/mol.